The Kier molecular flexibility index (Phi) is 4.93. The fourth-order valence-electron chi connectivity index (χ4n) is 5.31. The molecule has 24 heavy (non-hydrogen) atoms. The Morgan fingerprint density at radius 1 is 1.21 bits per heavy atom. The molecule has 0 aromatic heterocycles. The van der Waals surface area contributed by atoms with Crippen molar-refractivity contribution in [1.82, 2.24) is 4.90 Å². The first-order valence-electron chi connectivity index (χ1n) is 8.79. The third-order valence-corrected chi connectivity index (χ3v) is 6.27. The van der Waals surface area contributed by atoms with Gasteiger partial charge in [-0.15, -0.1) is 0 Å². The summed E-state index contributed by atoms with van der Waals surface area (Å²) < 4.78 is 8.88. The van der Waals surface area contributed by atoms with Gasteiger partial charge in [-0.05, 0) is 63.2 Å². The highest BCUT2D eigenvalue weighted by atomic mass is 31.2. The van der Waals surface area contributed by atoms with Crippen LogP contribution in [0.1, 0.15) is 48.8 Å². The molecule has 3 aliphatic rings. The normalized spacial score (nSPS) is 32.2. The van der Waals surface area contributed by atoms with E-state index in [1.54, 1.807) is 11.1 Å². The second-order valence-corrected chi connectivity index (χ2v) is 8.71. The van der Waals surface area contributed by atoms with Crippen molar-refractivity contribution in [2.75, 3.05) is 13.6 Å². The number of benzene rings is 1. The summed E-state index contributed by atoms with van der Waals surface area (Å²) in [6.45, 7) is 3.56. The second kappa shape index (κ2) is 6.54. The maximum absolute atomic E-state index is 8.88. The molecule has 2 aliphatic carbocycles. The molecule has 1 saturated carbocycles. The van der Waals surface area contributed by atoms with E-state index in [4.69, 9.17) is 19.2 Å². The molecule has 0 spiro atoms. The third kappa shape index (κ3) is 3.47. The van der Waals surface area contributed by atoms with Crippen LogP contribution in [-0.4, -0.2) is 39.2 Å². The first-order chi connectivity index (χ1) is 11.2. The molecular formula is C18H28NO4P. The first-order valence-corrected chi connectivity index (χ1v) is 10.4. The lowest BCUT2D eigenvalue weighted by atomic mass is 9.52. The maximum Gasteiger partial charge on any atom is 0.466 e. The van der Waals surface area contributed by atoms with Crippen molar-refractivity contribution in [3.63, 3.8) is 0 Å². The number of aryl methyl sites for hydroxylation is 1. The molecule has 1 aliphatic heterocycles. The summed E-state index contributed by atoms with van der Waals surface area (Å²) in [5.74, 6) is 0.925. The third-order valence-electron chi connectivity index (χ3n) is 6.27. The predicted molar refractivity (Wildman–Crippen MR) is 93.8 cm³/mol. The molecule has 3 unspecified atom stereocenters. The predicted octanol–water partition coefficient (Wildman–Crippen LogP) is 2.75. The summed E-state index contributed by atoms with van der Waals surface area (Å²) in [4.78, 5) is 24.2. The van der Waals surface area contributed by atoms with Gasteiger partial charge in [0.25, 0.3) is 0 Å². The van der Waals surface area contributed by atoms with Gasteiger partial charge in [0.1, 0.15) is 0 Å². The molecule has 6 heteroatoms. The Labute approximate surface area is 143 Å². The van der Waals surface area contributed by atoms with Crippen LogP contribution < -0.4 is 0 Å². The second-order valence-electron chi connectivity index (χ2n) is 7.68. The summed E-state index contributed by atoms with van der Waals surface area (Å²) in [5.41, 5.74) is 5.38. The van der Waals surface area contributed by atoms with Crippen molar-refractivity contribution in [3.8, 4) is 0 Å². The highest BCUT2D eigenvalue weighted by Gasteiger charge is 2.52. The molecule has 2 fully saturated rings. The number of nitrogens with zero attached hydrogens (tertiary/aromatic N) is 1. The molecule has 4 rings (SSSR count). The Balaban J connectivity index is 0.000000300. The fraction of sp³-hybridized carbons (Fsp3) is 0.667. The lowest BCUT2D eigenvalue weighted by molar-refractivity contribution is 0.00283. The topological polar surface area (TPSA) is 81.0 Å². The molecule has 134 valence electrons. The minimum atomic E-state index is -4.64. The molecule has 1 aromatic carbocycles. The van der Waals surface area contributed by atoms with Crippen LogP contribution >= 0.6 is 7.82 Å². The van der Waals surface area contributed by atoms with E-state index in [9.17, 15) is 0 Å². The Hall–Kier alpha value is -0.710. The van der Waals surface area contributed by atoms with Crippen LogP contribution in [0.4, 0.5) is 0 Å². The SMILES string of the molecule is Cc1ccc2c(c1)C13CCCCC1C(C2)N(C)CC3.O=P(O)(O)O. The zero-order valence-electron chi connectivity index (χ0n) is 14.5. The first kappa shape index (κ1) is 18.1. The van der Waals surface area contributed by atoms with Crippen molar-refractivity contribution < 1.29 is 19.2 Å². The maximum atomic E-state index is 8.88. The monoisotopic (exact) mass is 353 g/mol. The van der Waals surface area contributed by atoms with Gasteiger partial charge >= 0.3 is 7.82 Å². The zero-order chi connectivity index (χ0) is 17.5. The van der Waals surface area contributed by atoms with E-state index < -0.39 is 7.82 Å². The van der Waals surface area contributed by atoms with Crippen molar-refractivity contribution in [2.45, 2.75) is 56.9 Å². The van der Waals surface area contributed by atoms with E-state index >= 15 is 0 Å². The summed E-state index contributed by atoms with van der Waals surface area (Å²) >= 11 is 0. The molecule has 0 radical (unpaired) electrons. The van der Waals surface area contributed by atoms with E-state index in [-0.39, 0.29) is 0 Å². The highest BCUT2D eigenvalue weighted by molar-refractivity contribution is 7.45. The van der Waals surface area contributed by atoms with Crippen LogP contribution in [0.15, 0.2) is 18.2 Å². The van der Waals surface area contributed by atoms with Crippen molar-refractivity contribution in [1.29, 1.82) is 0 Å². The van der Waals surface area contributed by atoms with Gasteiger partial charge in [0.15, 0.2) is 0 Å². The number of likely N-dealkylation sites (tertiary alicyclic amines) is 1. The number of hydrogen-bond donors (Lipinski definition) is 3. The Morgan fingerprint density at radius 2 is 1.92 bits per heavy atom. The van der Waals surface area contributed by atoms with E-state index in [0.717, 1.165) is 12.0 Å². The van der Waals surface area contributed by atoms with Crippen molar-refractivity contribution >= 4 is 7.82 Å². The van der Waals surface area contributed by atoms with Gasteiger partial charge in [-0.25, -0.2) is 4.57 Å². The van der Waals surface area contributed by atoms with E-state index in [1.807, 2.05) is 0 Å². The van der Waals surface area contributed by atoms with Crippen LogP contribution in [0, 0.1) is 12.8 Å². The van der Waals surface area contributed by atoms with Gasteiger partial charge in [-0.3, -0.25) is 0 Å². The van der Waals surface area contributed by atoms with Crippen LogP contribution in [0.5, 0.6) is 0 Å². The van der Waals surface area contributed by atoms with Crippen LogP contribution in [-0.2, 0) is 16.4 Å². The van der Waals surface area contributed by atoms with Gasteiger partial charge < -0.3 is 19.6 Å². The summed E-state index contributed by atoms with van der Waals surface area (Å²) in [6.07, 6.45) is 8.48. The molecule has 1 heterocycles. The molecule has 5 nitrogen and oxygen atoms in total. The smallest absolute Gasteiger partial charge is 0.303 e. The number of rotatable bonds is 0. The molecule has 3 atom stereocenters. The molecule has 1 saturated heterocycles. The minimum Gasteiger partial charge on any atom is -0.303 e. The summed E-state index contributed by atoms with van der Waals surface area (Å²) in [5, 5.41) is 0. The zero-order valence-corrected chi connectivity index (χ0v) is 15.4. The standard InChI is InChI=1S/C18H25N.H3O4P/c1-13-6-7-14-12-17-15-5-3-4-8-18(15,16(14)11-13)9-10-19(17)2;1-5(2,3)4/h6-7,11,15,17H,3-5,8-10,12H2,1-2H3;(H3,1,2,3,4). The number of piperidine rings is 1. The molecule has 2 bridgehead atoms. The largest absolute Gasteiger partial charge is 0.466 e. The van der Waals surface area contributed by atoms with Crippen molar-refractivity contribution in [3.05, 3.63) is 34.9 Å². The van der Waals surface area contributed by atoms with Crippen LogP contribution in [0.3, 0.4) is 0 Å². The lowest BCUT2D eigenvalue weighted by Crippen LogP contribution is -2.59. The van der Waals surface area contributed by atoms with E-state index in [2.05, 4.69) is 37.1 Å². The van der Waals surface area contributed by atoms with Gasteiger partial charge in [0.05, 0.1) is 0 Å². The quantitative estimate of drug-likeness (QED) is 0.625. The Morgan fingerprint density at radius 3 is 2.62 bits per heavy atom. The van der Waals surface area contributed by atoms with Gasteiger partial charge in [-0.1, -0.05) is 36.6 Å². The molecule has 0 amide bonds. The van der Waals surface area contributed by atoms with Gasteiger partial charge in [0.2, 0.25) is 0 Å². The number of hydrogen-bond acceptors (Lipinski definition) is 2. The van der Waals surface area contributed by atoms with Crippen molar-refractivity contribution in [2.24, 2.45) is 5.92 Å². The molecule has 3 N–H and O–H groups in total. The van der Waals surface area contributed by atoms with E-state index in [1.165, 1.54) is 50.6 Å². The highest BCUT2D eigenvalue weighted by Crippen LogP contribution is 2.55. The summed E-state index contributed by atoms with van der Waals surface area (Å²) in [6, 6.07) is 8.07. The lowest BCUT2D eigenvalue weighted by Gasteiger charge is -2.58. The Bertz CT molecular complexity index is 650. The number of likely N-dealkylation sites (N-methyl/N-ethyl adjacent to an activating group) is 1. The summed E-state index contributed by atoms with van der Waals surface area (Å²) in [7, 11) is -2.29. The van der Waals surface area contributed by atoms with Gasteiger partial charge in [0, 0.05) is 11.5 Å². The average Bonchev–Trinajstić information content (AvgIpc) is 2.50. The van der Waals surface area contributed by atoms with Crippen LogP contribution in [0.25, 0.3) is 0 Å². The van der Waals surface area contributed by atoms with Crippen LogP contribution in [0.2, 0.25) is 0 Å². The minimum absolute atomic E-state index is 0.537. The number of phosphoric acid groups is 1. The fourth-order valence-corrected chi connectivity index (χ4v) is 5.31. The molecular weight excluding hydrogens is 325 g/mol. The molecule has 1 aromatic rings. The van der Waals surface area contributed by atoms with E-state index in [0.29, 0.717) is 5.41 Å². The average molecular weight is 353 g/mol. The number of fused-ring (bicyclic) bond motifs is 1. The van der Waals surface area contributed by atoms with Gasteiger partial charge in [-0.2, -0.15) is 0 Å².